The first kappa shape index (κ1) is 16.5. The molecule has 128 valence electrons. The van der Waals surface area contributed by atoms with E-state index in [1.54, 1.807) is 25.3 Å². The molecule has 1 aromatic rings. The van der Waals surface area contributed by atoms with Crippen molar-refractivity contribution in [3.63, 3.8) is 0 Å². The minimum Gasteiger partial charge on any atom is -0.468 e. The summed E-state index contributed by atoms with van der Waals surface area (Å²) < 4.78 is 17.0. The van der Waals surface area contributed by atoms with Gasteiger partial charge in [0, 0.05) is 26.7 Å². The summed E-state index contributed by atoms with van der Waals surface area (Å²) in [4.78, 5) is 15.6. The largest absolute Gasteiger partial charge is 0.468 e. The topological polar surface area (TPSA) is 55.2 Å². The average Bonchev–Trinajstić information content (AvgIpc) is 3.16. The van der Waals surface area contributed by atoms with E-state index >= 15 is 0 Å². The molecule has 0 N–H and O–H groups in total. The van der Waals surface area contributed by atoms with Gasteiger partial charge in [-0.1, -0.05) is 0 Å². The molecular formula is C17H26N2O4. The van der Waals surface area contributed by atoms with Crippen LogP contribution in [-0.2, 0) is 20.8 Å². The van der Waals surface area contributed by atoms with Crippen molar-refractivity contribution >= 4 is 5.91 Å². The predicted molar refractivity (Wildman–Crippen MR) is 84.9 cm³/mol. The Bertz CT molecular complexity index is 503. The van der Waals surface area contributed by atoms with Gasteiger partial charge in [-0.3, -0.25) is 9.69 Å². The van der Waals surface area contributed by atoms with Crippen LogP contribution in [0.4, 0.5) is 0 Å². The van der Waals surface area contributed by atoms with Gasteiger partial charge in [0.2, 0.25) is 5.91 Å². The molecule has 3 rings (SSSR count). The van der Waals surface area contributed by atoms with E-state index in [-0.39, 0.29) is 18.6 Å². The van der Waals surface area contributed by atoms with Crippen molar-refractivity contribution in [2.75, 3.05) is 40.5 Å². The third kappa shape index (κ3) is 4.13. The lowest BCUT2D eigenvalue weighted by atomic mass is 10.1. The molecule has 23 heavy (non-hydrogen) atoms. The normalized spacial score (nSPS) is 27.8. The van der Waals surface area contributed by atoms with Crippen LogP contribution >= 0.6 is 0 Å². The van der Waals surface area contributed by atoms with E-state index in [9.17, 15) is 4.79 Å². The molecule has 1 aliphatic heterocycles. The Kier molecular flexibility index (Phi) is 5.35. The summed E-state index contributed by atoms with van der Waals surface area (Å²) in [6.45, 7) is 3.34. The third-order valence-electron chi connectivity index (χ3n) is 4.77. The van der Waals surface area contributed by atoms with Gasteiger partial charge in [-0.15, -0.1) is 0 Å². The highest BCUT2D eigenvalue weighted by Gasteiger charge is 2.41. The molecule has 1 aromatic heterocycles. The Balaban J connectivity index is 1.49. The Morgan fingerprint density at radius 1 is 1.43 bits per heavy atom. The van der Waals surface area contributed by atoms with Crippen molar-refractivity contribution < 1.29 is 18.7 Å². The SMILES string of the molecule is CN(C)C(=O)COC[C@@H]1C[C@@H]2OCCN(Cc3ccco3)[C@H]2C1. The highest BCUT2D eigenvalue weighted by molar-refractivity contribution is 5.76. The molecule has 6 nitrogen and oxygen atoms in total. The van der Waals surface area contributed by atoms with Crippen molar-refractivity contribution in [2.45, 2.75) is 31.5 Å². The molecule has 0 spiro atoms. The molecule has 2 fully saturated rings. The first-order valence-corrected chi connectivity index (χ1v) is 8.29. The van der Waals surface area contributed by atoms with E-state index in [2.05, 4.69) is 4.90 Å². The smallest absolute Gasteiger partial charge is 0.248 e. The van der Waals surface area contributed by atoms with Crippen LogP contribution in [0.1, 0.15) is 18.6 Å². The van der Waals surface area contributed by atoms with Crippen LogP contribution in [0.25, 0.3) is 0 Å². The lowest BCUT2D eigenvalue weighted by molar-refractivity contribution is -0.134. The summed E-state index contributed by atoms with van der Waals surface area (Å²) in [6.07, 6.45) is 4.06. The number of furan rings is 1. The van der Waals surface area contributed by atoms with Crippen LogP contribution < -0.4 is 0 Å². The Morgan fingerprint density at radius 2 is 2.30 bits per heavy atom. The van der Waals surface area contributed by atoms with Gasteiger partial charge in [0.15, 0.2) is 0 Å². The summed E-state index contributed by atoms with van der Waals surface area (Å²) in [6, 6.07) is 4.37. The van der Waals surface area contributed by atoms with Gasteiger partial charge in [-0.25, -0.2) is 0 Å². The fourth-order valence-electron chi connectivity index (χ4n) is 3.50. The van der Waals surface area contributed by atoms with E-state index in [1.807, 2.05) is 12.1 Å². The van der Waals surface area contributed by atoms with E-state index in [0.29, 0.717) is 18.6 Å². The van der Waals surface area contributed by atoms with Gasteiger partial charge in [0.05, 0.1) is 32.1 Å². The number of hydrogen-bond donors (Lipinski definition) is 0. The molecule has 0 bridgehead atoms. The van der Waals surface area contributed by atoms with Crippen LogP contribution in [0.5, 0.6) is 0 Å². The number of carbonyl (C=O) groups excluding carboxylic acids is 1. The summed E-state index contributed by atoms with van der Waals surface area (Å²) in [7, 11) is 3.49. The van der Waals surface area contributed by atoms with E-state index in [0.717, 1.165) is 38.3 Å². The molecule has 0 radical (unpaired) electrons. The highest BCUT2D eigenvalue weighted by Crippen LogP contribution is 2.35. The van der Waals surface area contributed by atoms with E-state index < -0.39 is 0 Å². The monoisotopic (exact) mass is 322 g/mol. The molecule has 2 aliphatic rings. The highest BCUT2D eigenvalue weighted by atomic mass is 16.5. The van der Waals surface area contributed by atoms with Gasteiger partial charge in [0.25, 0.3) is 0 Å². The van der Waals surface area contributed by atoms with Crippen molar-refractivity contribution in [1.29, 1.82) is 0 Å². The lowest BCUT2D eigenvalue weighted by Gasteiger charge is -2.37. The maximum atomic E-state index is 11.6. The Morgan fingerprint density at radius 3 is 3.04 bits per heavy atom. The van der Waals surface area contributed by atoms with Crippen molar-refractivity contribution in [3.05, 3.63) is 24.2 Å². The zero-order valence-electron chi connectivity index (χ0n) is 13.9. The number of carbonyl (C=O) groups is 1. The van der Waals surface area contributed by atoms with E-state index in [1.165, 1.54) is 0 Å². The molecule has 1 amide bonds. The number of hydrogen-bond acceptors (Lipinski definition) is 5. The summed E-state index contributed by atoms with van der Waals surface area (Å²) in [5.41, 5.74) is 0. The predicted octanol–water partition coefficient (Wildman–Crippen LogP) is 1.36. The zero-order chi connectivity index (χ0) is 16.2. The quantitative estimate of drug-likeness (QED) is 0.792. The minimum absolute atomic E-state index is 0.0103. The molecule has 0 aromatic carbocycles. The molecule has 0 unspecified atom stereocenters. The Hall–Kier alpha value is -1.37. The second kappa shape index (κ2) is 7.47. The lowest BCUT2D eigenvalue weighted by Crippen LogP contribution is -2.47. The van der Waals surface area contributed by atoms with Crippen molar-refractivity contribution in [3.8, 4) is 0 Å². The van der Waals surface area contributed by atoms with Crippen LogP contribution in [-0.4, -0.2) is 68.3 Å². The molecule has 3 atom stereocenters. The molecule has 1 saturated heterocycles. The average molecular weight is 322 g/mol. The maximum absolute atomic E-state index is 11.6. The fraction of sp³-hybridized carbons (Fsp3) is 0.706. The second-order valence-corrected chi connectivity index (χ2v) is 6.67. The van der Waals surface area contributed by atoms with Gasteiger partial charge >= 0.3 is 0 Å². The first-order chi connectivity index (χ1) is 11.1. The second-order valence-electron chi connectivity index (χ2n) is 6.67. The fourth-order valence-corrected chi connectivity index (χ4v) is 3.50. The number of nitrogens with zero attached hydrogens (tertiary/aromatic N) is 2. The summed E-state index contributed by atoms with van der Waals surface area (Å²) in [5.74, 6) is 1.47. The van der Waals surface area contributed by atoms with Gasteiger partial charge in [0.1, 0.15) is 12.4 Å². The van der Waals surface area contributed by atoms with Crippen LogP contribution in [0.15, 0.2) is 22.8 Å². The number of morpholine rings is 1. The number of amides is 1. The first-order valence-electron chi connectivity index (χ1n) is 8.29. The van der Waals surface area contributed by atoms with Crippen LogP contribution in [0.2, 0.25) is 0 Å². The summed E-state index contributed by atoms with van der Waals surface area (Å²) in [5, 5.41) is 0. The van der Waals surface area contributed by atoms with Crippen molar-refractivity contribution in [2.24, 2.45) is 5.92 Å². The summed E-state index contributed by atoms with van der Waals surface area (Å²) >= 11 is 0. The number of likely N-dealkylation sites (N-methyl/N-ethyl adjacent to an activating group) is 1. The Labute approximate surface area is 137 Å². The zero-order valence-corrected chi connectivity index (χ0v) is 13.9. The number of fused-ring (bicyclic) bond motifs is 1. The van der Waals surface area contributed by atoms with Crippen molar-refractivity contribution in [1.82, 2.24) is 9.80 Å². The third-order valence-corrected chi connectivity index (χ3v) is 4.77. The molecule has 6 heteroatoms. The molecule has 2 heterocycles. The van der Waals surface area contributed by atoms with Crippen LogP contribution in [0, 0.1) is 5.92 Å². The van der Waals surface area contributed by atoms with E-state index in [4.69, 9.17) is 13.9 Å². The molecular weight excluding hydrogens is 296 g/mol. The van der Waals surface area contributed by atoms with Crippen LogP contribution in [0.3, 0.4) is 0 Å². The minimum atomic E-state index is 0.0103. The van der Waals surface area contributed by atoms with Gasteiger partial charge in [-0.05, 0) is 30.9 Å². The van der Waals surface area contributed by atoms with Gasteiger partial charge < -0.3 is 18.8 Å². The molecule has 1 saturated carbocycles. The van der Waals surface area contributed by atoms with Gasteiger partial charge in [-0.2, -0.15) is 0 Å². The number of ether oxygens (including phenoxy) is 2. The maximum Gasteiger partial charge on any atom is 0.248 e. The number of rotatable bonds is 6. The standard InChI is InChI=1S/C17H26N2O4/c1-18(2)17(20)12-21-11-13-8-15-16(9-13)23-7-5-19(15)10-14-4-3-6-22-14/h3-4,6,13,15-16H,5,7-12H2,1-2H3/t13-,15-,16-/m0/s1. The molecule has 1 aliphatic carbocycles.